The topological polar surface area (TPSA) is 38.5 Å². The summed E-state index contributed by atoms with van der Waals surface area (Å²) in [5.74, 6) is 1.59. The summed E-state index contributed by atoms with van der Waals surface area (Å²) in [4.78, 5) is 2.49. The maximum absolute atomic E-state index is 6.02. The molecule has 1 saturated heterocycles. The Bertz CT molecular complexity index is 394. The number of nitrogens with two attached hydrogens (primary N) is 1. The predicted octanol–water partition coefficient (Wildman–Crippen LogP) is 1.59. The molecule has 1 aromatic rings. The third-order valence-corrected chi connectivity index (χ3v) is 3.82. The van der Waals surface area contributed by atoms with Gasteiger partial charge in [0.25, 0.3) is 0 Å². The molecule has 0 aromatic heterocycles. The molecule has 2 N–H and O–H groups in total. The molecule has 0 radical (unpaired) electrons. The monoisotopic (exact) mass is 232 g/mol. The van der Waals surface area contributed by atoms with Gasteiger partial charge in [-0.1, -0.05) is 18.2 Å². The minimum Gasteiger partial charge on any atom is -0.493 e. The fraction of sp³-hybridized carbons (Fsp3) is 0.571. The van der Waals surface area contributed by atoms with Crippen molar-refractivity contribution < 1.29 is 4.74 Å². The number of hydrogen-bond acceptors (Lipinski definition) is 3. The van der Waals surface area contributed by atoms with E-state index in [9.17, 15) is 0 Å². The summed E-state index contributed by atoms with van der Waals surface area (Å²) in [7, 11) is 0. The summed E-state index contributed by atoms with van der Waals surface area (Å²) in [5, 5.41) is 0. The summed E-state index contributed by atoms with van der Waals surface area (Å²) < 4.78 is 5.72. The zero-order valence-electron chi connectivity index (χ0n) is 10.1. The van der Waals surface area contributed by atoms with Crippen LogP contribution in [0.4, 0.5) is 0 Å². The smallest absolute Gasteiger partial charge is 0.122 e. The SMILES string of the molecule is N[C@@H]1CCCN(CC2COc3ccccc32)C1. The van der Waals surface area contributed by atoms with Gasteiger partial charge in [0.1, 0.15) is 5.75 Å². The quantitative estimate of drug-likeness (QED) is 0.841. The van der Waals surface area contributed by atoms with Crippen molar-refractivity contribution in [1.82, 2.24) is 4.90 Å². The van der Waals surface area contributed by atoms with Gasteiger partial charge in [0.15, 0.2) is 0 Å². The van der Waals surface area contributed by atoms with Crippen molar-refractivity contribution in [2.45, 2.75) is 24.8 Å². The maximum atomic E-state index is 6.02. The predicted molar refractivity (Wildman–Crippen MR) is 68.3 cm³/mol. The van der Waals surface area contributed by atoms with Crippen molar-refractivity contribution in [3.05, 3.63) is 29.8 Å². The van der Waals surface area contributed by atoms with Crippen molar-refractivity contribution >= 4 is 0 Å². The van der Waals surface area contributed by atoms with E-state index in [1.807, 2.05) is 6.07 Å². The van der Waals surface area contributed by atoms with Gasteiger partial charge in [0.2, 0.25) is 0 Å². The van der Waals surface area contributed by atoms with Crippen molar-refractivity contribution in [2.24, 2.45) is 5.73 Å². The molecule has 3 rings (SSSR count). The Morgan fingerprint density at radius 1 is 1.35 bits per heavy atom. The number of nitrogens with zero attached hydrogens (tertiary/aromatic N) is 1. The molecule has 0 aliphatic carbocycles. The molecule has 0 bridgehead atoms. The molecule has 2 aliphatic heterocycles. The number of likely N-dealkylation sites (tertiary alicyclic amines) is 1. The van der Waals surface area contributed by atoms with Crippen LogP contribution in [0.2, 0.25) is 0 Å². The number of hydrogen-bond donors (Lipinski definition) is 1. The summed E-state index contributed by atoms with van der Waals surface area (Å²) >= 11 is 0. The van der Waals surface area contributed by atoms with Crippen LogP contribution >= 0.6 is 0 Å². The second-order valence-electron chi connectivity index (χ2n) is 5.21. The molecule has 2 aliphatic rings. The van der Waals surface area contributed by atoms with E-state index in [1.54, 1.807) is 0 Å². The second kappa shape index (κ2) is 4.67. The van der Waals surface area contributed by atoms with Gasteiger partial charge in [-0.25, -0.2) is 0 Å². The molecule has 2 atom stereocenters. The fourth-order valence-electron chi connectivity index (χ4n) is 2.95. The zero-order valence-corrected chi connectivity index (χ0v) is 10.1. The van der Waals surface area contributed by atoms with E-state index >= 15 is 0 Å². The highest BCUT2D eigenvalue weighted by atomic mass is 16.5. The van der Waals surface area contributed by atoms with Crippen LogP contribution in [0, 0.1) is 0 Å². The first kappa shape index (κ1) is 11.1. The van der Waals surface area contributed by atoms with Gasteiger partial charge >= 0.3 is 0 Å². The minimum absolute atomic E-state index is 0.362. The molecule has 1 fully saturated rings. The average molecular weight is 232 g/mol. The fourth-order valence-corrected chi connectivity index (χ4v) is 2.95. The summed E-state index contributed by atoms with van der Waals surface area (Å²) in [6.45, 7) is 4.14. The van der Waals surface area contributed by atoms with E-state index in [0.717, 1.165) is 25.4 Å². The molecule has 3 heteroatoms. The van der Waals surface area contributed by atoms with Crippen LogP contribution in [0.25, 0.3) is 0 Å². The normalized spacial score (nSPS) is 28.8. The van der Waals surface area contributed by atoms with Crippen molar-refractivity contribution in [3.8, 4) is 5.75 Å². The van der Waals surface area contributed by atoms with Crippen LogP contribution in [0.3, 0.4) is 0 Å². The molecule has 1 aromatic carbocycles. The number of fused-ring (bicyclic) bond motifs is 1. The molecule has 0 spiro atoms. The van der Waals surface area contributed by atoms with E-state index in [-0.39, 0.29) is 0 Å². The Kier molecular flexibility index (Phi) is 3.04. The van der Waals surface area contributed by atoms with Gasteiger partial charge in [0.05, 0.1) is 6.61 Å². The van der Waals surface area contributed by atoms with Crippen LogP contribution in [0.5, 0.6) is 5.75 Å². The second-order valence-corrected chi connectivity index (χ2v) is 5.21. The van der Waals surface area contributed by atoms with Crippen LogP contribution in [0.15, 0.2) is 24.3 Å². The molecular formula is C14H20N2O. The largest absolute Gasteiger partial charge is 0.493 e. The van der Waals surface area contributed by atoms with Crippen LogP contribution in [-0.4, -0.2) is 37.2 Å². The Morgan fingerprint density at radius 3 is 3.12 bits per heavy atom. The lowest BCUT2D eigenvalue weighted by molar-refractivity contribution is 0.187. The number of rotatable bonds is 2. The van der Waals surface area contributed by atoms with Gasteiger partial charge in [-0.2, -0.15) is 0 Å². The highest BCUT2D eigenvalue weighted by Gasteiger charge is 2.27. The summed E-state index contributed by atoms with van der Waals surface area (Å²) in [6.07, 6.45) is 2.41. The van der Waals surface area contributed by atoms with E-state index in [1.165, 1.54) is 24.9 Å². The standard InChI is InChI=1S/C14H20N2O/c15-12-4-3-7-16(9-12)8-11-10-17-14-6-2-1-5-13(11)14/h1-2,5-6,11-12H,3-4,7-10,15H2/t11?,12-/m1/s1. The molecule has 0 saturated carbocycles. The number of ether oxygens (including phenoxy) is 1. The maximum Gasteiger partial charge on any atom is 0.122 e. The average Bonchev–Trinajstić information content (AvgIpc) is 2.73. The molecule has 3 nitrogen and oxygen atoms in total. The van der Waals surface area contributed by atoms with E-state index < -0.39 is 0 Å². The van der Waals surface area contributed by atoms with Gasteiger partial charge < -0.3 is 15.4 Å². The Labute approximate surface area is 103 Å². The van der Waals surface area contributed by atoms with Crippen LogP contribution in [0.1, 0.15) is 24.3 Å². The van der Waals surface area contributed by atoms with E-state index in [2.05, 4.69) is 23.1 Å². The van der Waals surface area contributed by atoms with Gasteiger partial charge in [-0.05, 0) is 25.5 Å². The third kappa shape index (κ3) is 2.31. The lowest BCUT2D eigenvalue weighted by Gasteiger charge is -2.32. The lowest BCUT2D eigenvalue weighted by atomic mass is 9.99. The molecular weight excluding hydrogens is 212 g/mol. The van der Waals surface area contributed by atoms with Gasteiger partial charge in [0, 0.05) is 30.6 Å². The highest BCUT2D eigenvalue weighted by Crippen LogP contribution is 2.34. The van der Waals surface area contributed by atoms with Crippen molar-refractivity contribution in [2.75, 3.05) is 26.2 Å². The first-order valence-corrected chi connectivity index (χ1v) is 6.52. The number of para-hydroxylation sites is 1. The van der Waals surface area contributed by atoms with E-state index in [0.29, 0.717) is 12.0 Å². The lowest BCUT2D eigenvalue weighted by Crippen LogP contribution is -2.44. The summed E-state index contributed by atoms with van der Waals surface area (Å²) in [6, 6.07) is 8.76. The first-order chi connectivity index (χ1) is 8.33. The number of benzene rings is 1. The Morgan fingerprint density at radius 2 is 2.24 bits per heavy atom. The van der Waals surface area contributed by atoms with Crippen LogP contribution < -0.4 is 10.5 Å². The molecule has 17 heavy (non-hydrogen) atoms. The number of piperidine rings is 1. The van der Waals surface area contributed by atoms with Crippen molar-refractivity contribution in [3.63, 3.8) is 0 Å². The Hall–Kier alpha value is -1.06. The minimum atomic E-state index is 0.362. The molecule has 92 valence electrons. The Balaban J connectivity index is 1.67. The van der Waals surface area contributed by atoms with E-state index in [4.69, 9.17) is 10.5 Å². The van der Waals surface area contributed by atoms with Gasteiger partial charge in [-0.15, -0.1) is 0 Å². The first-order valence-electron chi connectivity index (χ1n) is 6.52. The summed E-state index contributed by atoms with van der Waals surface area (Å²) in [5.41, 5.74) is 7.39. The van der Waals surface area contributed by atoms with Crippen LogP contribution in [-0.2, 0) is 0 Å². The van der Waals surface area contributed by atoms with Gasteiger partial charge in [-0.3, -0.25) is 0 Å². The van der Waals surface area contributed by atoms with Crippen molar-refractivity contribution in [1.29, 1.82) is 0 Å². The highest BCUT2D eigenvalue weighted by molar-refractivity contribution is 5.39. The zero-order chi connectivity index (χ0) is 11.7. The molecule has 0 amide bonds. The third-order valence-electron chi connectivity index (χ3n) is 3.82. The molecule has 2 heterocycles. The molecule has 1 unspecified atom stereocenters.